The van der Waals surface area contributed by atoms with Crippen LogP contribution in [0.2, 0.25) is 0 Å². The first-order chi connectivity index (χ1) is 6.94. The quantitative estimate of drug-likeness (QED) is 0.856. The summed E-state index contributed by atoms with van der Waals surface area (Å²) in [6, 6.07) is 1.88. The zero-order valence-electron chi connectivity index (χ0n) is 8.96. The molecule has 1 amide bonds. The number of amides is 1. The van der Waals surface area contributed by atoms with Gasteiger partial charge in [0.2, 0.25) is 0 Å². The Bertz CT molecular complexity index is 349. The normalized spacial score (nSPS) is 11.5. The molecule has 1 rings (SSSR count). The van der Waals surface area contributed by atoms with Gasteiger partial charge in [-0.15, -0.1) is 11.3 Å². The third kappa shape index (κ3) is 4.08. The Morgan fingerprint density at radius 2 is 2.33 bits per heavy atom. The summed E-state index contributed by atoms with van der Waals surface area (Å²) in [6.07, 6.45) is 0. The molecule has 0 radical (unpaired) electrons. The van der Waals surface area contributed by atoms with Crippen molar-refractivity contribution in [1.29, 1.82) is 0 Å². The highest BCUT2D eigenvalue weighted by molar-refractivity contribution is 14.1. The molecule has 0 aliphatic carbocycles. The summed E-state index contributed by atoms with van der Waals surface area (Å²) < 4.78 is 6.15. The molecule has 0 aromatic carbocycles. The molecule has 0 saturated heterocycles. The Labute approximate surface area is 107 Å². The number of carbonyl (C=O) groups excluding carboxylic acids is 1. The van der Waals surface area contributed by atoms with Crippen molar-refractivity contribution in [3.63, 3.8) is 0 Å². The third-order valence-corrected chi connectivity index (χ3v) is 3.58. The Hall–Kier alpha value is -0.140. The minimum Gasteiger partial charge on any atom is -0.382 e. The predicted octanol–water partition coefficient (Wildman–Crippen LogP) is 2.51. The van der Waals surface area contributed by atoms with Gasteiger partial charge in [0.1, 0.15) is 0 Å². The van der Waals surface area contributed by atoms with Gasteiger partial charge in [0.15, 0.2) is 0 Å². The molecule has 0 bridgehead atoms. The van der Waals surface area contributed by atoms with Crippen LogP contribution in [-0.2, 0) is 4.74 Å². The van der Waals surface area contributed by atoms with Gasteiger partial charge in [-0.25, -0.2) is 0 Å². The molecule has 1 aromatic heterocycles. The van der Waals surface area contributed by atoms with Crippen LogP contribution in [0.1, 0.15) is 24.2 Å². The Morgan fingerprint density at radius 3 is 2.80 bits per heavy atom. The molecule has 0 saturated carbocycles. The lowest BCUT2D eigenvalue weighted by Crippen LogP contribution is -2.46. The van der Waals surface area contributed by atoms with E-state index in [-0.39, 0.29) is 11.4 Å². The fourth-order valence-electron chi connectivity index (χ4n) is 1.21. The van der Waals surface area contributed by atoms with Gasteiger partial charge in [-0.05, 0) is 42.5 Å². The lowest BCUT2D eigenvalue weighted by molar-refractivity contribution is 0.0820. The summed E-state index contributed by atoms with van der Waals surface area (Å²) in [5, 5.41) is 4.79. The Balaban J connectivity index is 2.63. The molecule has 0 aliphatic heterocycles. The molecule has 1 N–H and O–H groups in total. The molecule has 0 fully saturated rings. The van der Waals surface area contributed by atoms with Gasteiger partial charge in [-0.3, -0.25) is 4.79 Å². The molecule has 1 heterocycles. The summed E-state index contributed by atoms with van der Waals surface area (Å²) in [6.45, 7) is 4.37. The first kappa shape index (κ1) is 12.9. The minimum absolute atomic E-state index is 0.0452. The van der Waals surface area contributed by atoms with Gasteiger partial charge < -0.3 is 10.1 Å². The lowest BCUT2D eigenvalue weighted by Gasteiger charge is -2.24. The molecule has 3 nitrogen and oxygen atoms in total. The number of ether oxygens (including phenoxy) is 1. The Kier molecular flexibility index (Phi) is 4.54. The fourth-order valence-corrected chi connectivity index (χ4v) is 2.53. The second kappa shape index (κ2) is 5.27. The largest absolute Gasteiger partial charge is 0.382 e. The number of halogens is 1. The number of methoxy groups -OCH3 is 1. The molecular weight excluding hydrogens is 325 g/mol. The Morgan fingerprint density at radius 1 is 1.67 bits per heavy atom. The third-order valence-electron chi connectivity index (χ3n) is 1.79. The van der Waals surface area contributed by atoms with E-state index in [1.165, 1.54) is 0 Å². The van der Waals surface area contributed by atoms with Crippen LogP contribution in [0.15, 0.2) is 11.4 Å². The highest BCUT2D eigenvalue weighted by Gasteiger charge is 2.21. The van der Waals surface area contributed by atoms with Gasteiger partial charge in [-0.2, -0.15) is 0 Å². The van der Waals surface area contributed by atoms with Crippen LogP contribution in [-0.4, -0.2) is 25.2 Å². The SMILES string of the molecule is COCC(C)(C)NC(=O)c1csc(I)c1. The van der Waals surface area contributed by atoms with Crippen molar-refractivity contribution in [2.75, 3.05) is 13.7 Å². The zero-order chi connectivity index (χ0) is 11.5. The van der Waals surface area contributed by atoms with Crippen molar-refractivity contribution in [1.82, 2.24) is 5.32 Å². The van der Waals surface area contributed by atoms with Crippen LogP contribution in [0.5, 0.6) is 0 Å². The van der Waals surface area contributed by atoms with Gasteiger partial charge >= 0.3 is 0 Å². The van der Waals surface area contributed by atoms with Crippen molar-refractivity contribution >= 4 is 39.8 Å². The van der Waals surface area contributed by atoms with E-state index in [0.717, 1.165) is 2.88 Å². The maximum Gasteiger partial charge on any atom is 0.252 e. The van der Waals surface area contributed by atoms with Crippen LogP contribution in [0.4, 0.5) is 0 Å². The van der Waals surface area contributed by atoms with Gasteiger partial charge in [0, 0.05) is 12.5 Å². The zero-order valence-corrected chi connectivity index (χ0v) is 11.9. The van der Waals surface area contributed by atoms with Crippen LogP contribution in [0, 0.1) is 2.88 Å². The van der Waals surface area contributed by atoms with E-state index in [0.29, 0.717) is 12.2 Å². The van der Waals surface area contributed by atoms with E-state index in [9.17, 15) is 4.79 Å². The van der Waals surface area contributed by atoms with Crippen molar-refractivity contribution in [3.05, 3.63) is 19.9 Å². The van der Waals surface area contributed by atoms with Crippen molar-refractivity contribution in [2.24, 2.45) is 0 Å². The van der Waals surface area contributed by atoms with Crippen LogP contribution >= 0.6 is 33.9 Å². The molecule has 0 aliphatic rings. The van der Waals surface area contributed by atoms with E-state index in [4.69, 9.17) is 4.74 Å². The van der Waals surface area contributed by atoms with E-state index >= 15 is 0 Å². The van der Waals surface area contributed by atoms with Crippen LogP contribution in [0.3, 0.4) is 0 Å². The highest BCUT2D eigenvalue weighted by atomic mass is 127. The second-order valence-corrected chi connectivity index (χ2v) is 6.72. The van der Waals surface area contributed by atoms with E-state index in [1.54, 1.807) is 18.4 Å². The van der Waals surface area contributed by atoms with Crippen LogP contribution < -0.4 is 5.32 Å². The number of carbonyl (C=O) groups is 1. The molecule has 0 atom stereocenters. The number of rotatable bonds is 4. The number of thiophene rings is 1. The van der Waals surface area contributed by atoms with Crippen LogP contribution in [0.25, 0.3) is 0 Å². The monoisotopic (exact) mass is 339 g/mol. The lowest BCUT2D eigenvalue weighted by atomic mass is 10.1. The average Bonchev–Trinajstić information content (AvgIpc) is 2.50. The molecular formula is C10H14INO2S. The molecule has 15 heavy (non-hydrogen) atoms. The smallest absolute Gasteiger partial charge is 0.252 e. The van der Waals surface area contributed by atoms with Crippen molar-refractivity contribution < 1.29 is 9.53 Å². The van der Waals surface area contributed by atoms with Gasteiger partial charge in [0.25, 0.3) is 5.91 Å². The van der Waals surface area contributed by atoms with Gasteiger partial charge in [-0.1, -0.05) is 0 Å². The number of hydrogen-bond donors (Lipinski definition) is 1. The van der Waals surface area contributed by atoms with Crippen molar-refractivity contribution in [2.45, 2.75) is 19.4 Å². The average molecular weight is 339 g/mol. The second-order valence-electron chi connectivity index (χ2n) is 3.91. The molecule has 0 unspecified atom stereocenters. The van der Waals surface area contributed by atoms with E-state index in [2.05, 4.69) is 27.9 Å². The summed E-state index contributed by atoms with van der Waals surface area (Å²) in [4.78, 5) is 11.8. The first-order valence-corrected chi connectivity index (χ1v) is 6.46. The fraction of sp³-hybridized carbons (Fsp3) is 0.500. The topological polar surface area (TPSA) is 38.3 Å². The molecule has 1 aromatic rings. The maximum atomic E-state index is 11.8. The molecule has 0 spiro atoms. The van der Waals surface area contributed by atoms with Crippen molar-refractivity contribution in [3.8, 4) is 0 Å². The number of hydrogen-bond acceptors (Lipinski definition) is 3. The highest BCUT2D eigenvalue weighted by Crippen LogP contribution is 2.17. The first-order valence-electron chi connectivity index (χ1n) is 4.50. The predicted molar refractivity (Wildman–Crippen MR) is 70.5 cm³/mol. The standard InChI is InChI=1S/C10H14INO2S/c1-10(2,6-14-3)12-9(13)7-4-8(11)15-5-7/h4-5H,6H2,1-3H3,(H,12,13). The van der Waals surface area contributed by atoms with E-state index in [1.807, 2.05) is 25.3 Å². The van der Waals surface area contributed by atoms with E-state index < -0.39 is 0 Å². The summed E-state index contributed by atoms with van der Waals surface area (Å²) in [5.41, 5.74) is 0.382. The van der Waals surface area contributed by atoms with Gasteiger partial charge in [0.05, 0.1) is 20.6 Å². The molecule has 84 valence electrons. The summed E-state index contributed by atoms with van der Waals surface area (Å²) >= 11 is 3.77. The number of nitrogens with one attached hydrogen (secondary N) is 1. The molecule has 5 heteroatoms. The maximum absolute atomic E-state index is 11.8. The summed E-state index contributed by atoms with van der Waals surface area (Å²) in [7, 11) is 1.63. The summed E-state index contributed by atoms with van der Waals surface area (Å²) in [5.74, 6) is -0.0452. The minimum atomic E-state index is -0.334.